The van der Waals surface area contributed by atoms with Crippen molar-refractivity contribution in [2.24, 2.45) is 5.92 Å². The molecule has 156 valence electrons. The first-order chi connectivity index (χ1) is 13.8. The lowest BCUT2D eigenvalue weighted by molar-refractivity contribution is 0.0696. The summed E-state index contributed by atoms with van der Waals surface area (Å²) in [5.74, 6) is 0.290. The van der Waals surface area contributed by atoms with Crippen LogP contribution in [0.1, 0.15) is 37.0 Å². The predicted octanol–water partition coefficient (Wildman–Crippen LogP) is 3.22. The summed E-state index contributed by atoms with van der Waals surface area (Å²) in [5, 5.41) is 9.30. The number of nitrogens with one attached hydrogen (secondary N) is 1. The summed E-state index contributed by atoms with van der Waals surface area (Å²) in [4.78, 5) is 17.7. The molecule has 29 heavy (non-hydrogen) atoms. The van der Waals surface area contributed by atoms with Gasteiger partial charge in [-0.3, -0.25) is 4.72 Å². The second kappa shape index (κ2) is 8.69. The van der Waals surface area contributed by atoms with E-state index in [1.54, 1.807) is 12.1 Å². The van der Waals surface area contributed by atoms with Crippen molar-refractivity contribution in [2.75, 3.05) is 29.3 Å². The van der Waals surface area contributed by atoms with Crippen LogP contribution in [-0.4, -0.2) is 44.2 Å². The fourth-order valence-corrected chi connectivity index (χ4v) is 4.42. The van der Waals surface area contributed by atoms with Crippen LogP contribution in [0.15, 0.2) is 41.4 Å². The van der Waals surface area contributed by atoms with Crippen LogP contribution in [0.5, 0.6) is 5.75 Å². The zero-order valence-electron chi connectivity index (χ0n) is 16.5. The molecule has 1 aliphatic heterocycles. The quantitative estimate of drug-likeness (QED) is 0.709. The van der Waals surface area contributed by atoms with E-state index in [-0.39, 0.29) is 16.1 Å². The predicted molar refractivity (Wildman–Crippen MR) is 110 cm³/mol. The van der Waals surface area contributed by atoms with Crippen LogP contribution in [0, 0.1) is 5.92 Å². The molecule has 0 saturated carbocycles. The first-order valence-corrected chi connectivity index (χ1v) is 11.0. The Labute approximate surface area is 170 Å². The molecule has 1 unspecified atom stereocenters. The van der Waals surface area contributed by atoms with Crippen LogP contribution in [0.25, 0.3) is 0 Å². The minimum absolute atomic E-state index is 0.0552. The molecular weight excluding hydrogens is 394 g/mol. The van der Waals surface area contributed by atoms with Crippen molar-refractivity contribution in [2.45, 2.75) is 31.6 Å². The smallest absolute Gasteiger partial charge is 0.337 e. The largest absolute Gasteiger partial charge is 0.494 e. The van der Waals surface area contributed by atoms with Crippen molar-refractivity contribution in [3.8, 4) is 5.75 Å². The third-order valence-electron chi connectivity index (χ3n) is 4.76. The molecule has 2 aromatic rings. The number of ether oxygens (including phenoxy) is 1. The molecule has 1 aromatic heterocycles. The Morgan fingerprint density at radius 2 is 2.07 bits per heavy atom. The first kappa shape index (κ1) is 20.9. The van der Waals surface area contributed by atoms with Gasteiger partial charge in [0, 0.05) is 19.3 Å². The molecule has 1 atom stereocenters. The number of hydrogen-bond donors (Lipinski definition) is 2. The van der Waals surface area contributed by atoms with E-state index in [1.807, 2.05) is 11.8 Å². The van der Waals surface area contributed by atoms with Crippen molar-refractivity contribution in [1.82, 2.24) is 4.98 Å². The number of sulfonamides is 1. The average Bonchev–Trinajstić information content (AvgIpc) is 2.68. The fourth-order valence-electron chi connectivity index (χ4n) is 3.37. The summed E-state index contributed by atoms with van der Waals surface area (Å²) >= 11 is 0. The number of carbonyl (C=O) groups is 1. The van der Waals surface area contributed by atoms with E-state index in [1.165, 1.54) is 24.4 Å². The molecule has 2 heterocycles. The maximum Gasteiger partial charge on any atom is 0.337 e. The molecular formula is C20H25N3O5S. The standard InChI is InChI=1S/C20H25N3O5S/c1-3-28-16-6-8-17(9-7-16)29(26,27)22-18-11-15(20(24)25)12-21-19(18)23-10-4-5-14(2)13-23/h6-9,11-12,14,22H,3-5,10,13H2,1-2H3,(H,24,25). The number of carboxylic acids is 1. The zero-order valence-corrected chi connectivity index (χ0v) is 17.3. The Bertz CT molecular complexity index is 976. The van der Waals surface area contributed by atoms with E-state index in [0.29, 0.717) is 24.1 Å². The molecule has 1 fully saturated rings. The minimum atomic E-state index is -3.93. The molecule has 0 radical (unpaired) electrons. The lowest BCUT2D eigenvalue weighted by Crippen LogP contribution is -2.35. The van der Waals surface area contributed by atoms with E-state index in [9.17, 15) is 18.3 Å². The van der Waals surface area contributed by atoms with Crippen molar-refractivity contribution in [3.63, 3.8) is 0 Å². The summed E-state index contributed by atoms with van der Waals surface area (Å²) in [6.07, 6.45) is 3.32. The van der Waals surface area contributed by atoms with Gasteiger partial charge in [0.25, 0.3) is 10.0 Å². The van der Waals surface area contributed by atoms with E-state index in [0.717, 1.165) is 25.9 Å². The number of rotatable bonds is 7. The molecule has 0 spiro atoms. The Balaban J connectivity index is 1.94. The van der Waals surface area contributed by atoms with Crippen LogP contribution in [0.4, 0.5) is 11.5 Å². The number of nitrogens with zero attached hydrogens (tertiary/aromatic N) is 2. The van der Waals surface area contributed by atoms with Gasteiger partial charge in [-0.05, 0) is 56.0 Å². The Morgan fingerprint density at radius 3 is 2.69 bits per heavy atom. The topological polar surface area (TPSA) is 109 Å². The molecule has 0 aliphatic carbocycles. The van der Waals surface area contributed by atoms with E-state index in [4.69, 9.17) is 4.74 Å². The highest BCUT2D eigenvalue weighted by Crippen LogP contribution is 2.30. The number of benzene rings is 1. The molecule has 9 heteroatoms. The van der Waals surface area contributed by atoms with Crippen molar-refractivity contribution >= 4 is 27.5 Å². The molecule has 0 amide bonds. The van der Waals surface area contributed by atoms with Gasteiger partial charge < -0.3 is 14.7 Å². The highest BCUT2D eigenvalue weighted by atomic mass is 32.2. The highest BCUT2D eigenvalue weighted by molar-refractivity contribution is 7.92. The summed E-state index contributed by atoms with van der Waals surface area (Å²) in [7, 11) is -3.93. The molecule has 3 rings (SSSR count). The normalized spacial score (nSPS) is 17.0. The van der Waals surface area contributed by atoms with E-state index >= 15 is 0 Å². The molecule has 8 nitrogen and oxygen atoms in total. The van der Waals surface area contributed by atoms with Gasteiger partial charge in [-0.25, -0.2) is 18.2 Å². The van der Waals surface area contributed by atoms with Crippen molar-refractivity contribution in [3.05, 3.63) is 42.1 Å². The average molecular weight is 420 g/mol. The van der Waals surface area contributed by atoms with Gasteiger partial charge in [-0.15, -0.1) is 0 Å². The van der Waals surface area contributed by atoms with Crippen LogP contribution in [0.2, 0.25) is 0 Å². The lowest BCUT2D eigenvalue weighted by Gasteiger charge is -2.33. The lowest BCUT2D eigenvalue weighted by atomic mass is 10.0. The minimum Gasteiger partial charge on any atom is -0.494 e. The van der Waals surface area contributed by atoms with Gasteiger partial charge in [0.15, 0.2) is 5.82 Å². The second-order valence-corrected chi connectivity index (χ2v) is 8.79. The first-order valence-electron chi connectivity index (χ1n) is 9.54. The second-order valence-electron chi connectivity index (χ2n) is 7.10. The van der Waals surface area contributed by atoms with Gasteiger partial charge in [-0.2, -0.15) is 0 Å². The maximum absolute atomic E-state index is 12.9. The number of pyridine rings is 1. The van der Waals surface area contributed by atoms with Gasteiger partial charge >= 0.3 is 5.97 Å². The molecule has 1 aliphatic rings. The van der Waals surface area contributed by atoms with Crippen LogP contribution in [0.3, 0.4) is 0 Å². The number of hydrogen-bond acceptors (Lipinski definition) is 6. The number of aromatic nitrogens is 1. The number of anilines is 2. The SMILES string of the molecule is CCOc1ccc(S(=O)(=O)Nc2cc(C(=O)O)cnc2N2CCCC(C)C2)cc1. The molecule has 1 aromatic carbocycles. The number of piperidine rings is 1. The van der Waals surface area contributed by atoms with Crippen molar-refractivity contribution in [1.29, 1.82) is 0 Å². The Morgan fingerprint density at radius 1 is 1.34 bits per heavy atom. The summed E-state index contributed by atoms with van der Waals surface area (Å²) in [6.45, 7) is 5.92. The zero-order chi connectivity index (χ0) is 21.0. The van der Waals surface area contributed by atoms with E-state index < -0.39 is 16.0 Å². The summed E-state index contributed by atoms with van der Waals surface area (Å²) in [6, 6.07) is 7.37. The summed E-state index contributed by atoms with van der Waals surface area (Å²) < 4.78 is 33.7. The molecule has 2 N–H and O–H groups in total. The van der Waals surface area contributed by atoms with Crippen LogP contribution >= 0.6 is 0 Å². The molecule has 1 saturated heterocycles. The van der Waals surface area contributed by atoms with Crippen molar-refractivity contribution < 1.29 is 23.1 Å². The van der Waals surface area contributed by atoms with Crippen LogP contribution < -0.4 is 14.4 Å². The highest BCUT2D eigenvalue weighted by Gasteiger charge is 2.24. The number of aromatic carboxylic acids is 1. The summed E-state index contributed by atoms with van der Waals surface area (Å²) in [5.41, 5.74) is 0.0797. The Kier molecular flexibility index (Phi) is 6.26. The van der Waals surface area contributed by atoms with Gasteiger partial charge in [0.1, 0.15) is 5.75 Å². The number of carboxylic acid groups (broad SMARTS) is 1. The van der Waals surface area contributed by atoms with Crippen LogP contribution in [-0.2, 0) is 10.0 Å². The maximum atomic E-state index is 12.9. The van der Waals surface area contributed by atoms with Gasteiger partial charge in [-0.1, -0.05) is 6.92 Å². The Hall–Kier alpha value is -2.81. The monoisotopic (exact) mass is 419 g/mol. The molecule has 0 bridgehead atoms. The fraction of sp³-hybridized carbons (Fsp3) is 0.400. The van der Waals surface area contributed by atoms with Gasteiger partial charge in [0.05, 0.1) is 22.8 Å². The van der Waals surface area contributed by atoms with E-state index in [2.05, 4.69) is 16.6 Å². The van der Waals surface area contributed by atoms with Gasteiger partial charge in [0.2, 0.25) is 0 Å². The third-order valence-corrected chi connectivity index (χ3v) is 6.14. The third kappa shape index (κ3) is 4.97.